The summed E-state index contributed by atoms with van der Waals surface area (Å²) in [5, 5.41) is 10.8. The van der Waals surface area contributed by atoms with E-state index in [1.165, 1.54) is 5.56 Å². The first kappa shape index (κ1) is 16.7. The fourth-order valence-corrected chi connectivity index (χ4v) is 2.10. The third-order valence-electron chi connectivity index (χ3n) is 3.33. The van der Waals surface area contributed by atoms with Gasteiger partial charge in [-0.1, -0.05) is 45.0 Å². The fraction of sp³-hybridized carbons (Fsp3) is 0.562. The highest BCUT2D eigenvalue weighted by Gasteiger charge is 2.14. The highest BCUT2D eigenvalue weighted by atomic mass is 16.5. The standard InChI is InChI=1S/C16H25NO3/c1-16(2,3)14-7-5-13(6-8-14)11-17(9-10-20-4)12-15(18)19/h5-8H,9-12H2,1-4H3,(H,18,19). The van der Waals surface area contributed by atoms with Crippen molar-refractivity contribution in [1.29, 1.82) is 0 Å². The molecule has 0 aliphatic rings. The Morgan fingerprint density at radius 1 is 1.25 bits per heavy atom. The second-order valence-corrected chi connectivity index (χ2v) is 6.17. The molecule has 4 heteroatoms. The molecule has 20 heavy (non-hydrogen) atoms. The number of aliphatic carboxylic acids is 1. The molecule has 1 rings (SSSR count). The predicted molar refractivity (Wildman–Crippen MR) is 76.4 cm³/mol. The molecule has 112 valence electrons. The first-order valence-electron chi connectivity index (χ1n) is 6.94. The Labute approximate surface area is 121 Å². The number of ether oxygens (including phenoxy) is 1. The molecule has 1 atom stereocenters. The molecule has 0 saturated carbocycles. The minimum atomic E-state index is -1.03. The van der Waals surface area contributed by atoms with Crippen LogP contribution in [0.15, 0.2) is 24.3 Å². The minimum Gasteiger partial charge on any atom is -0.544 e. The van der Waals surface area contributed by atoms with Gasteiger partial charge in [0.15, 0.2) is 0 Å². The van der Waals surface area contributed by atoms with Gasteiger partial charge in [-0.3, -0.25) is 0 Å². The van der Waals surface area contributed by atoms with Crippen molar-refractivity contribution in [3.63, 3.8) is 0 Å². The average Bonchev–Trinajstić information content (AvgIpc) is 2.35. The van der Waals surface area contributed by atoms with E-state index in [2.05, 4.69) is 45.0 Å². The summed E-state index contributed by atoms with van der Waals surface area (Å²) in [5.41, 5.74) is 2.54. The van der Waals surface area contributed by atoms with E-state index in [0.29, 0.717) is 19.7 Å². The van der Waals surface area contributed by atoms with E-state index in [1.807, 2.05) is 0 Å². The van der Waals surface area contributed by atoms with Gasteiger partial charge in [0, 0.05) is 12.7 Å². The predicted octanol–water partition coefficient (Wildman–Crippen LogP) is -0.235. The van der Waals surface area contributed by atoms with Gasteiger partial charge in [-0.2, -0.15) is 0 Å². The molecule has 0 radical (unpaired) electrons. The van der Waals surface area contributed by atoms with Gasteiger partial charge in [-0.05, 0) is 11.0 Å². The molecule has 0 bridgehead atoms. The zero-order chi connectivity index (χ0) is 15.2. The van der Waals surface area contributed by atoms with Crippen LogP contribution in [-0.2, 0) is 21.5 Å². The number of hydrogen-bond donors (Lipinski definition) is 1. The number of carbonyl (C=O) groups is 1. The maximum atomic E-state index is 10.8. The molecule has 1 N–H and O–H groups in total. The van der Waals surface area contributed by atoms with Crippen molar-refractivity contribution in [2.24, 2.45) is 0 Å². The average molecular weight is 279 g/mol. The second-order valence-electron chi connectivity index (χ2n) is 6.17. The first-order valence-corrected chi connectivity index (χ1v) is 6.94. The Kier molecular flexibility index (Phi) is 6.17. The molecular weight excluding hydrogens is 254 g/mol. The van der Waals surface area contributed by atoms with Crippen molar-refractivity contribution < 1.29 is 19.5 Å². The molecule has 0 saturated heterocycles. The van der Waals surface area contributed by atoms with E-state index in [9.17, 15) is 9.90 Å². The van der Waals surface area contributed by atoms with Crippen molar-refractivity contribution >= 4 is 5.97 Å². The summed E-state index contributed by atoms with van der Waals surface area (Å²) >= 11 is 0. The lowest BCUT2D eigenvalue weighted by atomic mass is 9.87. The van der Waals surface area contributed by atoms with E-state index in [-0.39, 0.29) is 12.0 Å². The number of carboxylic acids is 1. The number of carbonyl (C=O) groups excluding carboxylic acids is 1. The third-order valence-corrected chi connectivity index (χ3v) is 3.33. The quantitative estimate of drug-likeness (QED) is 0.750. The van der Waals surface area contributed by atoms with Gasteiger partial charge in [0.2, 0.25) is 0 Å². The van der Waals surface area contributed by atoms with E-state index in [1.54, 1.807) is 7.11 Å². The molecule has 0 aliphatic heterocycles. The first-order chi connectivity index (χ1) is 9.32. The fourth-order valence-electron chi connectivity index (χ4n) is 2.10. The summed E-state index contributed by atoms with van der Waals surface area (Å²) in [6, 6.07) is 8.37. The summed E-state index contributed by atoms with van der Waals surface area (Å²) in [6.07, 6.45) is 0. The van der Waals surface area contributed by atoms with Gasteiger partial charge in [0.25, 0.3) is 0 Å². The molecule has 1 aromatic carbocycles. The van der Waals surface area contributed by atoms with Gasteiger partial charge in [-0.15, -0.1) is 0 Å². The van der Waals surface area contributed by atoms with Crippen molar-refractivity contribution in [3.05, 3.63) is 35.4 Å². The Hall–Kier alpha value is -1.39. The van der Waals surface area contributed by atoms with Gasteiger partial charge in [0.1, 0.15) is 19.6 Å². The molecule has 0 aromatic heterocycles. The summed E-state index contributed by atoms with van der Waals surface area (Å²) in [6.45, 7) is 8.40. The van der Waals surface area contributed by atoms with Crippen LogP contribution < -0.4 is 10.0 Å². The molecule has 0 aliphatic carbocycles. The summed E-state index contributed by atoms with van der Waals surface area (Å²) < 4.78 is 5.02. The Balaban J connectivity index is 2.70. The smallest absolute Gasteiger partial charge is 0.118 e. The Bertz CT molecular complexity index is 420. The number of nitrogens with one attached hydrogen (secondary N) is 1. The summed E-state index contributed by atoms with van der Waals surface area (Å²) in [7, 11) is 1.62. The highest BCUT2D eigenvalue weighted by Crippen LogP contribution is 2.21. The van der Waals surface area contributed by atoms with Crippen LogP contribution >= 0.6 is 0 Å². The number of methoxy groups -OCH3 is 1. The monoisotopic (exact) mass is 279 g/mol. The number of hydrogen-bond acceptors (Lipinski definition) is 3. The SMILES string of the molecule is COCC[NH+](CC(=O)[O-])Cc1ccc(C(C)(C)C)cc1. The van der Waals surface area contributed by atoms with Gasteiger partial charge < -0.3 is 19.5 Å². The lowest BCUT2D eigenvalue weighted by molar-refractivity contribution is -0.908. The molecule has 1 unspecified atom stereocenters. The highest BCUT2D eigenvalue weighted by molar-refractivity contribution is 5.65. The molecule has 1 aromatic rings. The van der Waals surface area contributed by atoms with E-state index in [0.717, 1.165) is 10.5 Å². The third kappa shape index (κ3) is 5.72. The van der Waals surface area contributed by atoms with Crippen LogP contribution in [0.2, 0.25) is 0 Å². The number of quaternary nitrogens is 1. The molecule has 0 amide bonds. The molecule has 0 fully saturated rings. The second kappa shape index (κ2) is 7.41. The van der Waals surface area contributed by atoms with Crippen molar-refractivity contribution in [2.45, 2.75) is 32.7 Å². The molecule has 0 spiro atoms. The maximum Gasteiger partial charge on any atom is 0.118 e. The molecule has 0 heterocycles. The van der Waals surface area contributed by atoms with Crippen molar-refractivity contribution in [1.82, 2.24) is 0 Å². The number of carboxylic acid groups (broad SMARTS) is 1. The van der Waals surface area contributed by atoms with Gasteiger partial charge in [0.05, 0.1) is 12.6 Å². The van der Waals surface area contributed by atoms with Gasteiger partial charge >= 0.3 is 0 Å². The van der Waals surface area contributed by atoms with Crippen LogP contribution in [0.1, 0.15) is 31.9 Å². The van der Waals surface area contributed by atoms with E-state index < -0.39 is 5.97 Å². The Morgan fingerprint density at radius 2 is 1.85 bits per heavy atom. The zero-order valence-electron chi connectivity index (χ0n) is 12.9. The van der Waals surface area contributed by atoms with Crippen molar-refractivity contribution in [3.8, 4) is 0 Å². The zero-order valence-corrected chi connectivity index (χ0v) is 12.9. The van der Waals surface area contributed by atoms with Crippen LogP contribution in [0.4, 0.5) is 0 Å². The summed E-state index contributed by atoms with van der Waals surface area (Å²) in [5.74, 6) is -1.03. The van der Waals surface area contributed by atoms with Crippen LogP contribution in [0.5, 0.6) is 0 Å². The van der Waals surface area contributed by atoms with Crippen LogP contribution in [0.3, 0.4) is 0 Å². The van der Waals surface area contributed by atoms with Crippen LogP contribution in [0, 0.1) is 0 Å². The maximum absolute atomic E-state index is 10.8. The van der Waals surface area contributed by atoms with Crippen molar-refractivity contribution in [2.75, 3.05) is 26.8 Å². The molecule has 4 nitrogen and oxygen atoms in total. The lowest BCUT2D eigenvalue weighted by Crippen LogP contribution is -3.12. The summed E-state index contributed by atoms with van der Waals surface area (Å²) in [4.78, 5) is 11.7. The molecular formula is C16H25NO3. The largest absolute Gasteiger partial charge is 0.544 e. The lowest BCUT2D eigenvalue weighted by Gasteiger charge is -2.21. The van der Waals surface area contributed by atoms with Crippen LogP contribution in [0.25, 0.3) is 0 Å². The Morgan fingerprint density at radius 3 is 2.30 bits per heavy atom. The van der Waals surface area contributed by atoms with E-state index in [4.69, 9.17) is 4.74 Å². The number of rotatable bonds is 7. The minimum absolute atomic E-state index is 0.00435. The van der Waals surface area contributed by atoms with Crippen LogP contribution in [-0.4, -0.2) is 32.8 Å². The van der Waals surface area contributed by atoms with Gasteiger partial charge in [-0.25, -0.2) is 0 Å². The topological polar surface area (TPSA) is 53.8 Å². The van der Waals surface area contributed by atoms with E-state index >= 15 is 0 Å². The number of benzene rings is 1. The normalized spacial score (nSPS) is 13.2.